The van der Waals surface area contributed by atoms with Gasteiger partial charge in [0.2, 0.25) is 0 Å². The van der Waals surface area contributed by atoms with Gasteiger partial charge in [-0.25, -0.2) is 0 Å². The van der Waals surface area contributed by atoms with Crippen LogP contribution in [0.2, 0.25) is 10.0 Å². The molecule has 178 valence electrons. The molecule has 0 aliphatic rings. The Morgan fingerprint density at radius 3 is 1.33 bits per heavy atom. The Morgan fingerprint density at radius 1 is 0.818 bits per heavy atom. The number of carboxylic acid groups (broad SMARTS) is 2. The van der Waals surface area contributed by atoms with Gasteiger partial charge in [-0.2, -0.15) is 0 Å². The standard InChI is InChI=1S/2C6H5ClO.2C5H8O3.Ti/c2*7-5-2-1-3-6(8)4-5;2*1-2-8-4-3-5(6)7;/h2*1-4,8H;2*3-4H,2H2,1H3,(H,6,7);/q;;;;+2/p-2. The number of aliphatic carboxylic acids is 2. The molecule has 0 radical (unpaired) electrons. The molecule has 0 aromatic heterocycles. The van der Waals surface area contributed by atoms with Gasteiger partial charge in [-0.05, 0) is 62.4 Å². The van der Waals surface area contributed by atoms with Crippen molar-refractivity contribution in [2.24, 2.45) is 0 Å². The van der Waals surface area contributed by atoms with Crippen LogP contribution >= 0.6 is 23.2 Å². The number of hydrogen-bond donors (Lipinski definition) is 2. The Balaban J connectivity index is -0.000000360. The van der Waals surface area contributed by atoms with Gasteiger partial charge in [0.1, 0.15) is 11.5 Å². The van der Waals surface area contributed by atoms with Crippen LogP contribution in [0.4, 0.5) is 0 Å². The number of phenolic OH excluding ortho intramolecular Hbond substituents is 2. The van der Waals surface area contributed by atoms with Crippen LogP contribution < -0.4 is 10.2 Å². The summed E-state index contributed by atoms with van der Waals surface area (Å²) < 4.78 is 9.09. The van der Waals surface area contributed by atoms with Gasteiger partial charge in [-0.3, -0.25) is 0 Å². The summed E-state index contributed by atoms with van der Waals surface area (Å²) in [6.45, 7) is 4.48. The Morgan fingerprint density at radius 2 is 1.15 bits per heavy atom. The van der Waals surface area contributed by atoms with Gasteiger partial charge in [-0.1, -0.05) is 35.3 Å². The average Bonchev–Trinajstić information content (AvgIpc) is 2.69. The van der Waals surface area contributed by atoms with E-state index in [2.05, 4.69) is 9.47 Å². The molecule has 2 N–H and O–H groups in total. The molecule has 0 fully saturated rings. The molecule has 0 atom stereocenters. The van der Waals surface area contributed by atoms with E-state index in [-0.39, 0.29) is 33.2 Å². The molecule has 8 nitrogen and oxygen atoms in total. The van der Waals surface area contributed by atoms with E-state index in [1.807, 2.05) is 0 Å². The molecule has 0 saturated heterocycles. The molecule has 0 saturated carbocycles. The third-order valence-corrected chi connectivity index (χ3v) is 3.02. The predicted octanol–water partition coefficient (Wildman–Crippen LogP) is 2.66. The van der Waals surface area contributed by atoms with E-state index in [0.29, 0.717) is 23.3 Å². The molecule has 0 spiro atoms. The molecular weight excluding hydrogens is 511 g/mol. The van der Waals surface area contributed by atoms with Crippen molar-refractivity contribution in [1.29, 1.82) is 0 Å². The van der Waals surface area contributed by atoms with E-state index >= 15 is 0 Å². The molecule has 2 aromatic carbocycles. The second-order valence-corrected chi connectivity index (χ2v) is 5.99. The van der Waals surface area contributed by atoms with Gasteiger partial charge < -0.3 is 39.5 Å². The van der Waals surface area contributed by atoms with Crippen LogP contribution in [-0.4, -0.2) is 35.4 Å². The summed E-state index contributed by atoms with van der Waals surface area (Å²) in [6.07, 6.45) is 3.86. The minimum atomic E-state index is -1.24. The first-order valence-corrected chi connectivity index (χ1v) is 9.75. The number of phenols is 2. The largest absolute Gasteiger partial charge is 2.00 e. The Labute approximate surface area is 217 Å². The summed E-state index contributed by atoms with van der Waals surface area (Å²) in [6, 6.07) is 12.9. The summed E-state index contributed by atoms with van der Waals surface area (Å²) in [5.41, 5.74) is 0. The van der Waals surface area contributed by atoms with E-state index in [4.69, 9.17) is 33.4 Å². The zero-order valence-corrected chi connectivity index (χ0v) is 21.0. The summed E-state index contributed by atoms with van der Waals surface area (Å²) in [5, 5.41) is 37.8. The molecule has 33 heavy (non-hydrogen) atoms. The Kier molecular flexibility index (Phi) is 25.4. The number of aromatic hydroxyl groups is 2. The first-order chi connectivity index (χ1) is 15.1. The summed E-state index contributed by atoms with van der Waals surface area (Å²) in [7, 11) is 0. The van der Waals surface area contributed by atoms with Crippen LogP contribution in [0.3, 0.4) is 0 Å². The van der Waals surface area contributed by atoms with Gasteiger partial charge >= 0.3 is 21.7 Å². The van der Waals surface area contributed by atoms with Crippen LogP contribution in [0.5, 0.6) is 11.5 Å². The van der Waals surface area contributed by atoms with Crippen molar-refractivity contribution in [1.82, 2.24) is 0 Å². The second kappa shape index (κ2) is 24.0. The fourth-order valence-electron chi connectivity index (χ4n) is 1.35. The van der Waals surface area contributed by atoms with Gasteiger partial charge in [0.25, 0.3) is 0 Å². The third-order valence-electron chi connectivity index (χ3n) is 2.55. The number of carboxylic acids is 2. The number of ether oxygens (including phenoxy) is 2. The van der Waals surface area contributed by atoms with Crippen LogP contribution in [-0.2, 0) is 40.8 Å². The maximum Gasteiger partial charge on any atom is 2.00 e. The van der Waals surface area contributed by atoms with E-state index in [9.17, 15) is 19.8 Å². The zero-order valence-electron chi connectivity index (χ0n) is 17.9. The smallest absolute Gasteiger partial charge is 0.545 e. The Hall–Kier alpha value is -2.65. The molecule has 2 rings (SSSR count). The Bertz CT molecular complexity index is 741. The van der Waals surface area contributed by atoms with Crippen molar-refractivity contribution >= 4 is 35.1 Å². The number of carbonyl (C=O) groups excluding carboxylic acids is 2. The normalized spacial score (nSPS) is 9.09. The summed E-state index contributed by atoms with van der Waals surface area (Å²) in [4.78, 5) is 19.2. The van der Waals surface area contributed by atoms with Gasteiger partial charge in [0.05, 0.1) is 37.7 Å². The first kappa shape index (κ1) is 35.0. The van der Waals surface area contributed by atoms with Gasteiger partial charge in [0.15, 0.2) is 0 Å². The maximum absolute atomic E-state index is 9.60. The van der Waals surface area contributed by atoms with Crippen LogP contribution in [0.25, 0.3) is 0 Å². The van der Waals surface area contributed by atoms with Crippen molar-refractivity contribution in [3.63, 3.8) is 0 Å². The molecule has 0 heterocycles. The van der Waals surface area contributed by atoms with Crippen molar-refractivity contribution in [3.8, 4) is 11.5 Å². The minimum Gasteiger partial charge on any atom is -0.545 e. The second-order valence-electron chi connectivity index (χ2n) is 5.11. The minimum absolute atomic E-state index is 0. The topological polar surface area (TPSA) is 139 Å². The van der Waals surface area contributed by atoms with E-state index in [0.717, 1.165) is 24.7 Å². The number of rotatable bonds is 6. The number of halogens is 2. The first-order valence-electron chi connectivity index (χ1n) is 8.99. The van der Waals surface area contributed by atoms with Crippen molar-refractivity contribution in [2.75, 3.05) is 13.2 Å². The summed E-state index contributed by atoms with van der Waals surface area (Å²) >= 11 is 11.0. The molecule has 0 amide bonds. The van der Waals surface area contributed by atoms with E-state index in [1.165, 1.54) is 12.1 Å². The van der Waals surface area contributed by atoms with E-state index in [1.54, 1.807) is 50.2 Å². The number of hydrogen-bond acceptors (Lipinski definition) is 8. The third kappa shape index (κ3) is 29.4. The SMILES string of the molecule is CCOC=CC(=O)[O-].CCOC=CC(=O)[O-].Oc1cccc(Cl)c1.Oc1cccc(Cl)c1.[Ti+2]. The fraction of sp³-hybridized carbons (Fsp3) is 0.182. The predicted molar refractivity (Wildman–Crippen MR) is 118 cm³/mol. The molecule has 11 heteroatoms. The van der Waals surface area contributed by atoms with Gasteiger partial charge in [0, 0.05) is 10.0 Å². The number of carbonyl (C=O) groups is 2. The number of benzene rings is 2. The van der Waals surface area contributed by atoms with Crippen molar-refractivity contribution in [2.45, 2.75) is 13.8 Å². The maximum atomic E-state index is 9.60. The molecule has 0 aliphatic carbocycles. The van der Waals surface area contributed by atoms with Crippen LogP contribution in [0.1, 0.15) is 13.8 Å². The van der Waals surface area contributed by atoms with E-state index < -0.39 is 11.9 Å². The molecule has 0 unspecified atom stereocenters. The van der Waals surface area contributed by atoms with Crippen LogP contribution in [0.15, 0.2) is 73.2 Å². The molecule has 0 bridgehead atoms. The van der Waals surface area contributed by atoms with Crippen molar-refractivity contribution < 1.29 is 61.2 Å². The average molecular weight is 535 g/mol. The zero-order chi connectivity index (χ0) is 24.8. The fourth-order valence-corrected chi connectivity index (χ4v) is 1.72. The van der Waals surface area contributed by atoms with Crippen LogP contribution in [0, 0.1) is 0 Å². The monoisotopic (exact) mass is 534 g/mol. The van der Waals surface area contributed by atoms with Crippen molar-refractivity contribution in [3.05, 3.63) is 83.3 Å². The quantitative estimate of drug-likeness (QED) is 0.327. The van der Waals surface area contributed by atoms with Gasteiger partial charge in [-0.15, -0.1) is 0 Å². The molecule has 2 aromatic rings. The molecular formula is C22H24Cl2O8Ti. The summed E-state index contributed by atoms with van der Waals surface area (Å²) in [5.74, 6) is -2.06. The molecule has 0 aliphatic heterocycles.